The monoisotopic (exact) mass is 389 g/mol. The molecule has 0 unspecified atom stereocenters. The lowest BCUT2D eigenvalue weighted by Crippen LogP contribution is -2.23. The molecule has 0 aliphatic heterocycles. The molecule has 0 radical (unpaired) electrons. The molecule has 2 N–H and O–H groups in total. The molecule has 3 rings (SSSR count). The fraction of sp³-hybridized carbons (Fsp3) is 0.0909. The van der Waals surface area contributed by atoms with Gasteiger partial charge >= 0.3 is 5.97 Å². The molecule has 0 aliphatic rings. The first-order valence-electron chi connectivity index (χ1n) is 8.84. The van der Waals surface area contributed by atoms with E-state index in [9.17, 15) is 14.4 Å². The number of nitrogens with zero attached hydrogens (tertiary/aromatic N) is 1. The van der Waals surface area contributed by atoms with E-state index >= 15 is 0 Å². The van der Waals surface area contributed by atoms with Crippen LogP contribution in [0.5, 0.6) is 0 Å². The highest BCUT2D eigenvalue weighted by atomic mass is 16.5. The summed E-state index contributed by atoms with van der Waals surface area (Å²) in [6.45, 7) is 0.378. The number of hydrogen-bond donors (Lipinski definition) is 2. The van der Waals surface area contributed by atoms with Crippen molar-refractivity contribution >= 4 is 23.5 Å². The zero-order valence-corrected chi connectivity index (χ0v) is 15.7. The van der Waals surface area contributed by atoms with Gasteiger partial charge in [0.15, 0.2) is 0 Å². The molecule has 0 saturated heterocycles. The number of methoxy groups -OCH3 is 1. The van der Waals surface area contributed by atoms with Crippen LogP contribution in [-0.4, -0.2) is 29.9 Å². The summed E-state index contributed by atoms with van der Waals surface area (Å²) in [5, 5.41) is 5.50. The summed E-state index contributed by atoms with van der Waals surface area (Å²) in [5.41, 5.74) is 2.38. The Morgan fingerprint density at radius 2 is 1.52 bits per heavy atom. The van der Waals surface area contributed by atoms with E-state index in [1.165, 1.54) is 25.6 Å². The molecule has 2 amide bonds. The molecule has 7 heteroatoms. The van der Waals surface area contributed by atoms with Crippen molar-refractivity contribution in [2.45, 2.75) is 6.54 Å². The summed E-state index contributed by atoms with van der Waals surface area (Å²) in [6, 6.07) is 17.3. The van der Waals surface area contributed by atoms with Crippen molar-refractivity contribution in [1.82, 2.24) is 10.3 Å². The topological polar surface area (TPSA) is 97.4 Å². The average molecular weight is 389 g/mol. The van der Waals surface area contributed by atoms with Crippen molar-refractivity contribution in [1.29, 1.82) is 0 Å². The lowest BCUT2D eigenvalue weighted by atomic mass is 10.1. The maximum atomic E-state index is 12.5. The van der Waals surface area contributed by atoms with Gasteiger partial charge in [0.2, 0.25) is 0 Å². The number of anilines is 1. The first kappa shape index (κ1) is 19.8. The van der Waals surface area contributed by atoms with Crippen molar-refractivity contribution in [2.24, 2.45) is 0 Å². The molecule has 0 spiro atoms. The minimum atomic E-state index is -0.457. The van der Waals surface area contributed by atoms with Gasteiger partial charge in [-0.3, -0.25) is 14.6 Å². The summed E-state index contributed by atoms with van der Waals surface area (Å²) >= 11 is 0. The number of rotatable bonds is 6. The summed E-state index contributed by atoms with van der Waals surface area (Å²) < 4.78 is 4.64. The molecule has 1 aromatic heterocycles. The SMILES string of the molecule is COC(=O)c1ccc(NC(=O)c2cncc(C(=O)NCc3ccccc3)c2)cc1. The van der Waals surface area contributed by atoms with Gasteiger partial charge in [0.25, 0.3) is 11.8 Å². The van der Waals surface area contributed by atoms with Crippen LogP contribution < -0.4 is 10.6 Å². The number of esters is 1. The quantitative estimate of drug-likeness (QED) is 0.632. The van der Waals surface area contributed by atoms with Gasteiger partial charge in [-0.05, 0) is 35.9 Å². The zero-order valence-electron chi connectivity index (χ0n) is 15.7. The number of aromatic nitrogens is 1. The van der Waals surface area contributed by atoms with E-state index in [2.05, 4.69) is 20.4 Å². The van der Waals surface area contributed by atoms with Gasteiger partial charge in [-0.1, -0.05) is 30.3 Å². The third kappa shape index (κ3) is 5.26. The fourth-order valence-corrected chi connectivity index (χ4v) is 2.58. The summed E-state index contributed by atoms with van der Waals surface area (Å²) in [5.74, 6) is -1.19. The minimum absolute atomic E-state index is 0.245. The highest BCUT2D eigenvalue weighted by molar-refractivity contribution is 6.06. The Labute approximate surface area is 167 Å². The van der Waals surface area contributed by atoms with Gasteiger partial charge in [0.05, 0.1) is 23.8 Å². The Bertz CT molecular complexity index is 1020. The minimum Gasteiger partial charge on any atom is -0.465 e. The van der Waals surface area contributed by atoms with Gasteiger partial charge in [-0.2, -0.15) is 0 Å². The van der Waals surface area contributed by atoms with Crippen molar-refractivity contribution in [3.63, 3.8) is 0 Å². The van der Waals surface area contributed by atoms with Crippen LogP contribution in [0.3, 0.4) is 0 Å². The lowest BCUT2D eigenvalue weighted by molar-refractivity contribution is 0.0600. The maximum Gasteiger partial charge on any atom is 0.337 e. The number of carbonyl (C=O) groups is 3. The van der Waals surface area contributed by atoms with Crippen molar-refractivity contribution < 1.29 is 19.1 Å². The number of nitrogens with one attached hydrogen (secondary N) is 2. The first-order valence-corrected chi connectivity index (χ1v) is 8.84. The van der Waals surface area contributed by atoms with E-state index in [1.807, 2.05) is 30.3 Å². The van der Waals surface area contributed by atoms with Gasteiger partial charge in [-0.25, -0.2) is 4.79 Å². The van der Waals surface area contributed by atoms with Crippen LogP contribution in [0.15, 0.2) is 73.1 Å². The Morgan fingerprint density at radius 3 is 2.17 bits per heavy atom. The maximum absolute atomic E-state index is 12.5. The van der Waals surface area contributed by atoms with Crippen LogP contribution in [0, 0.1) is 0 Å². The van der Waals surface area contributed by atoms with Crippen LogP contribution in [0.4, 0.5) is 5.69 Å². The van der Waals surface area contributed by atoms with Crippen LogP contribution >= 0.6 is 0 Å². The number of hydrogen-bond acceptors (Lipinski definition) is 5. The molecule has 2 aromatic carbocycles. The van der Waals surface area contributed by atoms with Gasteiger partial charge in [0, 0.05) is 24.6 Å². The molecule has 146 valence electrons. The van der Waals surface area contributed by atoms with Crippen LogP contribution in [0.1, 0.15) is 36.6 Å². The smallest absolute Gasteiger partial charge is 0.337 e. The predicted molar refractivity (Wildman–Crippen MR) is 108 cm³/mol. The second kappa shape index (κ2) is 9.27. The molecular weight excluding hydrogens is 370 g/mol. The van der Waals surface area contributed by atoms with E-state index in [4.69, 9.17) is 0 Å². The molecule has 7 nitrogen and oxygen atoms in total. The van der Waals surface area contributed by atoms with Gasteiger partial charge in [-0.15, -0.1) is 0 Å². The molecule has 0 atom stereocenters. The summed E-state index contributed by atoms with van der Waals surface area (Å²) in [4.78, 5) is 40.3. The van der Waals surface area contributed by atoms with E-state index in [1.54, 1.807) is 24.3 Å². The Balaban J connectivity index is 1.64. The molecule has 1 heterocycles. The second-order valence-electron chi connectivity index (χ2n) is 6.15. The van der Waals surface area contributed by atoms with E-state index in [-0.39, 0.29) is 17.0 Å². The number of pyridine rings is 1. The zero-order chi connectivity index (χ0) is 20.6. The third-order valence-electron chi connectivity index (χ3n) is 4.12. The number of ether oxygens (including phenoxy) is 1. The Kier molecular flexibility index (Phi) is 6.32. The largest absolute Gasteiger partial charge is 0.465 e. The average Bonchev–Trinajstić information content (AvgIpc) is 2.78. The molecule has 0 saturated carbocycles. The highest BCUT2D eigenvalue weighted by Crippen LogP contribution is 2.13. The third-order valence-corrected chi connectivity index (χ3v) is 4.12. The normalized spacial score (nSPS) is 10.1. The number of benzene rings is 2. The summed E-state index contributed by atoms with van der Waals surface area (Å²) in [6.07, 6.45) is 2.79. The standard InChI is InChI=1S/C22H19N3O4/c1-29-22(28)16-7-9-19(10-8-16)25-21(27)18-11-17(13-23-14-18)20(26)24-12-15-5-3-2-4-6-15/h2-11,13-14H,12H2,1H3,(H,24,26)(H,25,27). The van der Waals surface area contributed by atoms with Crippen LogP contribution in [0.25, 0.3) is 0 Å². The summed E-state index contributed by atoms with van der Waals surface area (Å²) in [7, 11) is 1.30. The second-order valence-corrected chi connectivity index (χ2v) is 6.15. The van der Waals surface area contributed by atoms with Crippen LogP contribution in [-0.2, 0) is 11.3 Å². The van der Waals surface area contributed by atoms with Gasteiger partial charge in [0.1, 0.15) is 0 Å². The van der Waals surface area contributed by atoms with Gasteiger partial charge < -0.3 is 15.4 Å². The van der Waals surface area contributed by atoms with E-state index in [0.717, 1.165) is 5.56 Å². The molecule has 29 heavy (non-hydrogen) atoms. The molecular formula is C22H19N3O4. The van der Waals surface area contributed by atoms with Crippen LogP contribution in [0.2, 0.25) is 0 Å². The molecule has 0 bridgehead atoms. The molecule has 3 aromatic rings. The Hall–Kier alpha value is -4.00. The fourth-order valence-electron chi connectivity index (χ4n) is 2.58. The number of carbonyl (C=O) groups excluding carboxylic acids is 3. The Morgan fingerprint density at radius 1 is 0.862 bits per heavy atom. The van der Waals surface area contributed by atoms with E-state index < -0.39 is 11.9 Å². The predicted octanol–water partition coefficient (Wildman–Crippen LogP) is 3.05. The van der Waals surface area contributed by atoms with Crippen molar-refractivity contribution in [3.05, 3.63) is 95.3 Å². The molecule has 0 aliphatic carbocycles. The first-order chi connectivity index (χ1) is 14.1. The number of amides is 2. The lowest BCUT2D eigenvalue weighted by Gasteiger charge is -2.08. The van der Waals surface area contributed by atoms with E-state index in [0.29, 0.717) is 17.8 Å². The highest BCUT2D eigenvalue weighted by Gasteiger charge is 2.12. The molecule has 0 fully saturated rings. The van der Waals surface area contributed by atoms with Crippen molar-refractivity contribution in [3.8, 4) is 0 Å². The van der Waals surface area contributed by atoms with Crippen molar-refractivity contribution in [2.75, 3.05) is 12.4 Å².